The second-order valence-corrected chi connectivity index (χ2v) is 3.89. The number of hydrogen-bond acceptors (Lipinski definition) is 4. The molecule has 0 saturated carbocycles. The fourth-order valence-corrected chi connectivity index (χ4v) is 2.02. The van der Waals surface area contributed by atoms with Gasteiger partial charge in [0, 0.05) is 6.54 Å². The van der Waals surface area contributed by atoms with Crippen LogP contribution < -0.4 is 5.73 Å². The summed E-state index contributed by atoms with van der Waals surface area (Å²) < 4.78 is 4.58. The van der Waals surface area contributed by atoms with Crippen molar-refractivity contribution in [1.82, 2.24) is 4.90 Å². The quantitative estimate of drug-likeness (QED) is 0.541. The predicted octanol–water partition coefficient (Wildman–Crippen LogP) is 0.300. The fourth-order valence-electron chi connectivity index (χ4n) is 1.75. The van der Waals surface area contributed by atoms with Crippen LogP contribution in [0.25, 0.3) is 0 Å². The first kappa shape index (κ1) is 11.4. The average Bonchev–Trinajstić information content (AvgIpc) is 2.62. The highest BCUT2D eigenvalue weighted by Gasteiger charge is 2.26. The van der Waals surface area contributed by atoms with E-state index in [4.69, 9.17) is 18.0 Å². The molecule has 1 unspecified atom stereocenters. The molecule has 0 radical (unpaired) electrons. The molecule has 0 amide bonds. The van der Waals surface area contributed by atoms with Crippen molar-refractivity contribution in [3.05, 3.63) is 0 Å². The van der Waals surface area contributed by atoms with Crippen LogP contribution in [0.1, 0.15) is 19.3 Å². The molecule has 1 aliphatic heterocycles. The molecule has 1 saturated heterocycles. The van der Waals surface area contributed by atoms with Crippen molar-refractivity contribution >= 4 is 23.2 Å². The SMILES string of the molecule is COC(=O)CCN1CCCC1C(N)=S. The van der Waals surface area contributed by atoms with Crippen LogP contribution in [0, 0.1) is 0 Å². The summed E-state index contributed by atoms with van der Waals surface area (Å²) in [6, 6.07) is 0.176. The van der Waals surface area contributed by atoms with Crippen molar-refractivity contribution in [2.75, 3.05) is 20.2 Å². The minimum atomic E-state index is -0.182. The number of esters is 1. The molecule has 2 N–H and O–H groups in total. The molecule has 0 spiro atoms. The number of carbonyl (C=O) groups is 1. The predicted molar refractivity (Wildman–Crippen MR) is 58.0 cm³/mol. The molecule has 80 valence electrons. The van der Waals surface area contributed by atoms with Gasteiger partial charge in [-0.3, -0.25) is 9.69 Å². The number of methoxy groups -OCH3 is 1. The summed E-state index contributed by atoms with van der Waals surface area (Å²) in [6.07, 6.45) is 2.52. The van der Waals surface area contributed by atoms with Crippen molar-refractivity contribution in [3.63, 3.8) is 0 Å². The van der Waals surface area contributed by atoms with Crippen molar-refractivity contribution in [2.45, 2.75) is 25.3 Å². The van der Waals surface area contributed by atoms with Gasteiger partial charge in [0.25, 0.3) is 0 Å². The van der Waals surface area contributed by atoms with Gasteiger partial charge in [0.2, 0.25) is 0 Å². The van der Waals surface area contributed by atoms with E-state index in [-0.39, 0.29) is 12.0 Å². The third kappa shape index (κ3) is 2.92. The first-order chi connectivity index (χ1) is 6.65. The van der Waals surface area contributed by atoms with Gasteiger partial charge in [0.15, 0.2) is 0 Å². The largest absolute Gasteiger partial charge is 0.469 e. The van der Waals surface area contributed by atoms with Crippen LogP contribution in [-0.4, -0.2) is 42.1 Å². The molecule has 0 aromatic rings. The summed E-state index contributed by atoms with van der Waals surface area (Å²) in [7, 11) is 1.40. The zero-order valence-corrected chi connectivity index (χ0v) is 9.18. The number of nitrogens with zero attached hydrogens (tertiary/aromatic N) is 1. The first-order valence-electron chi connectivity index (χ1n) is 4.75. The van der Waals surface area contributed by atoms with Gasteiger partial charge in [0.1, 0.15) is 0 Å². The van der Waals surface area contributed by atoms with Gasteiger partial charge in [-0.25, -0.2) is 0 Å². The Balaban J connectivity index is 2.36. The maximum Gasteiger partial charge on any atom is 0.306 e. The van der Waals surface area contributed by atoms with Crippen LogP contribution in [0.3, 0.4) is 0 Å². The molecule has 0 aromatic heterocycles. The Morgan fingerprint density at radius 1 is 1.71 bits per heavy atom. The summed E-state index contributed by atoms with van der Waals surface area (Å²) >= 11 is 4.96. The molecule has 14 heavy (non-hydrogen) atoms. The molecule has 1 rings (SSSR count). The van der Waals surface area contributed by atoms with Crippen LogP contribution in [0.4, 0.5) is 0 Å². The van der Waals surface area contributed by atoms with Gasteiger partial charge in [0.05, 0.1) is 24.6 Å². The minimum absolute atomic E-state index is 0.176. The monoisotopic (exact) mass is 216 g/mol. The molecular formula is C9H16N2O2S. The standard InChI is InChI=1S/C9H16N2O2S/c1-13-8(12)4-6-11-5-2-3-7(11)9(10)14/h7H,2-6H2,1H3,(H2,10,14). The van der Waals surface area contributed by atoms with Crippen molar-refractivity contribution < 1.29 is 9.53 Å². The summed E-state index contributed by atoms with van der Waals surface area (Å²) in [5.41, 5.74) is 5.60. The summed E-state index contributed by atoms with van der Waals surface area (Å²) in [5, 5.41) is 0. The lowest BCUT2D eigenvalue weighted by molar-refractivity contribution is -0.140. The number of ether oxygens (including phenoxy) is 1. The van der Waals surface area contributed by atoms with Gasteiger partial charge in [-0.15, -0.1) is 0 Å². The lowest BCUT2D eigenvalue weighted by Gasteiger charge is -2.22. The number of carbonyl (C=O) groups excluding carboxylic acids is 1. The normalized spacial score (nSPS) is 22.2. The van der Waals surface area contributed by atoms with E-state index in [1.54, 1.807) is 0 Å². The second-order valence-electron chi connectivity index (χ2n) is 3.42. The van der Waals surface area contributed by atoms with Crippen molar-refractivity contribution in [3.8, 4) is 0 Å². The third-order valence-corrected chi connectivity index (χ3v) is 2.79. The van der Waals surface area contributed by atoms with Gasteiger partial charge < -0.3 is 10.5 Å². The molecule has 1 atom stereocenters. The molecule has 0 aromatic carbocycles. The van der Waals surface area contributed by atoms with E-state index in [1.165, 1.54) is 7.11 Å². The summed E-state index contributed by atoms with van der Waals surface area (Å²) in [4.78, 5) is 13.6. The number of likely N-dealkylation sites (tertiary alicyclic amines) is 1. The Bertz CT molecular complexity index is 233. The van der Waals surface area contributed by atoms with Gasteiger partial charge >= 0.3 is 5.97 Å². The van der Waals surface area contributed by atoms with Gasteiger partial charge in [-0.2, -0.15) is 0 Å². The van der Waals surface area contributed by atoms with E-state index in [0.29, 0.717) is 18.0 Å². The summed E-state index contributed by atoms with van der Waals surface area (Å²) in [5.74, 6) is -0.182. The van der Waals surface area contributed by atoms with E-state index in [1.807, 2.05) is 0 Å². The number of hydrogen-bond donors (Lipinski definition) is 1. The molecule has 1 fully saturated rings. The van der Waals surface area contributed by atoms with E-state index >= 15 is 0 Å². The van der Waals surface area contributed by atoms with Crippen LogP contribution in [-0.2, 0) is 9.53 Å². The molecular weight excluding hydrogens is 200 g/mol. The third-order valence-electron chi connectivity index (χ3n) is 2.52. The molecule has 5 heteroatoms. The maximum absolute atomic E-state index is 10.9. The Morgan fingerprint density at radius 3 is 3.00 bits per heavy atom. The van der Waals surface area contributed by atoms with E-state index in [0.717, 1.165) is 19.4 Å². The zero-order valence-electron chi connectivity index (χ0n) is 8.36. The molecule has 4 nitrogen and oxygen atoms in total. The van der Waals surface area contributed by atoms with E-state index in [9.17, 15) is 4.79 Å². The topological polar surface area (TPSA) is 55.6 Å². The van der Waals surface area contributed by atoms with Crippen LogP contribution >= 0.6 is 12.2 Å². The molecule has 0 aliphatic carbocycles. The van der Waals surface area contributed by atoms with Gasteiger partial charge in [-0.05, 0) is 19.4 Å². The van der Waals surface area contributed by atoms with Crippen LogP contribution in [0.2, 0.25) is 0 Å². The highest BCUT2D eigenvalue weighted by Crippen LogP contribution is 2.17. The Labute approximate surface area is 89.4 Å². The minimum Gasteiger partial charge on any atom is -0.469 e. The van der Waals surface area contributed by atoms with Gasteiger partial charge in [-0.1, -0.05) is 12.2 Å². The van der Waals surface area contributed by atoms with Crippen LogP contribution in [0.15, 0.2) is 0 Å². The number of rotatable bonds is 4. The lowest BCUT2D eigenvalue weighted by atomic mass is 10.2. The van der Waals surface area contributed by atoms with Crippen molar-refractivity contribution in [2.24, 2.45) is 5.73 Å². The molecule has 1 heterocycles. The number of nitrogens with two attached hydrogens (primary N) is 1. The van der Waals surface area contributed by atoms with E-state index < -0.39 is 0 Å². The van der Waals surface area contributed by atoms with Crippen LogP contribution in [0.5, 0.6) is 0 Å². The Kier molecular flexibility index (Phi) is 4.28. The summed E-state index contributed by atoms with van der Waals surface area (Å²) in [6.45, 7) is 1.66. The number of thiocarbonyl (C=S) groups is 1. The average molecular weight is 216 g/mol. The first-order valence-corrected chi connectivity index (χ1v) is 5.16. The fraction of sp³-hybridized carbons (Fsp3) is 0.778. The maximum atomic E-state index is 10.9. The Morgan fingerprint density at radius 2 is 2.43 bits per heavy atom. The smallest absolute Gasteiger partial charge is 0.306 e. The zero-order chi connectivity index (χ0) is 10.6. The van der Waals surface area contributed by atoms with Crippen molar-refractivity contribution in [1.29, 1.82) is 0 Å². The molecule has 0 bridgehead atoms. The Hall–Kier alpha value is -0.680. The van der Waals surface area contributed by atoms with E-state index in [2.05, 4.69) is 9.64 Å². The highest BCUT2D eigenvalue weighted by molar-refractivity contribution is 7.80. The molecule has 1 aliphatic rings. The second kappa shape index (κ2) is 5.26. The highest BCUT2D eigenvalue weighted by atomic mass is 32.1. The lowest BCUT2D eigenvalue weighted by Crippen LogP contribution is -2.40.